The highest BCUT2D eigenvalue weighted by molar-refractivity contribution is 5.78. The fourth-order valence-corrected chi connectivity index (χ4v) is 2.68. The molecule has 3 rings (SSSR count). The number of pyridine rings is 1. The lowest BCUT2D eigenvalue weighted by Gasteiger charge is -2.33. The lowest BCUT2D eigenvalue weighted by atomic mass is 9.96. The Morgan fingerprint density at radius 1 is 1.26 bits per heavy atom. The molecule has 1 aliphatic heterocycles. The largest absolute Gasteiger partial charge is 0.392 e. The van der Waals surface area contributed by atoms with Gasteiger partial charge in [0.15, 0.2) is 0 Å². The molecule has 0 spiro atoms. The summed E-state index contributed by atoms with van der Waals surface area (Å²) in [6.07, 6.45) is 0.864. The predicted molar refractivity (Wildman–Crippen MR) is 76.8 cm³/mol. The number of rotatable bonds is 2. The van der Waals surface area contributed by atoms with Crippen molar-refractivity contribution >= 4 is 10.9 Å². The van der Waals surface area contributed by atoms with Crippen LogP contribution in [0.25, 0.3) is 10.9 Å². The topological polar surface area (TPSA) is 36.4 Å². The first-order chi connectivity index (χ1) is 9.22. The number of aliphatic hydroxyl groups excluding tert-OH is 1. The van der Waals surface area contributed by atoms with E-state index in [0.29, 0.717) is 5.92 Å². The third-order valence-electron chi connectivity index (χ3n) is 4.04. The standard InChI is InChI=1S/C16H20N2O/c1-12-8-9-18(11-16(12)19)10-14-7-6-13-4-2-3-5-15(13)17-14/h2-7,12,16,19H,8-11H2,1H3. The molecule has 1 aromatic heterocycles. The molecule has 19 heavy (non-hydrogen) atoms. The van der Waals surface area contributed by atoms with Crippen LogP contribution in [0.3, 0.4) is 0 Å². The van der Waals surface area contributed by atoms with E-state index in [4.69, 9.17) is 4.98 Å². The second kappa shape index (κ2) is 5.27. The van der Waals surface area contributed by atoms with Crippen molar-refractivity contribution < 1.29 is 5.11 Å². The monoisotopic (exact) mass is 256 g/mol. The molecule has 100 valence electrons. The third kappa shape index (κ3) is 2.77. The zero-order chi connectivity index (χ0) is 13.2. The van der Waals surface area contributed by atoms with Crippen molar-refractivity contribution in [1.29, 1.82) is 0 Å². The lowest BCUT2D eigenvalue weighted by Crippen LogP contribution is -2.42. The first-order valence-corrected chi connectivity index (χ1v) is 6.97. The van der Waals surface area contributed by atoms with Crippen LogP contribution in [-0.4, -0.2) is 34.2 Å². The molecule has 1 N–H and O–H groups in total. The normalized spacial score (nSPS) is 24.7. The van der Waals surface area contributed by atoms with Crippen LogP contribution in [0.1, 0.15) is 19.0 Å². The zero-order valence-electron chi connectivity index (χ0n) is 11.3. The van der Waals surface area contributed by atoms with Crippen molar-refractivity contribution in [3.8, 4) is 0 Å². The summed E-state index contributed by atoms with van der Waals surface area (Å²) in [4.78, 5) is 6.98. The number of β-amino-alcohol motifs (C(OH)–C–C–N with tert-alkyl or cyclic N) is 1. The van der Waals surface area contributed by atoms with Crippen LogP contribution < -0.4 is 0 Å². The molecule has 0 saturated carbocycles. The number of likely N-dealkylation sites (tertiary alicyclic amines) is 1. The molecule has 2 aromatic rings. The second-order valence-corrected chi connectivity index (χ2v) is 5.56. The molecule has 0 bridgehead atoms. The van der Waals surface area contributed by atoms with Crippen molar-refractivity contribution in [3.63, 3.8) is 0 Å². The second-order valence-electron chi connectivity index (χ2n) is 5.56. The number of fused-ring (bicyclic) bond motifs is 1. The number of nitrogens with zero attached hydrogens (tertiary/aromatic N) is 2. The number of benzene rings is 1. The maximum Gasteiger partial charge on any atom is 0.0705 e. The lowest BCUT2D eigenvalue weighted by molar-refractivity contribution is 0.0255. The Morgan fingerprint density at radius 2 is 2.11 bits per heavy atom. The average Bonchev–Trinajstić information content (AvgIpc) is 2.43. The number of hydrogen-bond donors (Lipinski definition) is 1. The van der Waals surface area contributed by atoms with Gasteiger partial charge in [-0.1, -0.05) is 31.2 Å². The fraction of sp³-hybridized carbons (Fsp3) is 0.438. The number of piperidine rings is 1. The van der Waals surface area contributed by atoms with Gasteiger partial charge in [0.1, 0.15) is 0 Å². The van der Waals surface area contributed by atoms with Crippen LogP contribution in [0.2, 0.25) is 0 Å². The Morgan fingerprint density at radius 3 is 2.95 bits per heavy atom. The highest BCUT2D eigenvalue weighted by Gasteiger charge is 2.24. The molecule has 3 heteroatoms. The first kappa shape index (κ1) is 12.6. The van der Waals surface area contributed by atoms with Crippen LogP contribution in [-0.2, 0) is 6.54 Å². The summed E-state index contributed by atoms with van der Waals surface area (Å²) in [5.41, 5.74) is 2.13. The summed E-state index contributed by atoms with van der Waals surface area (Å²) >= 11 is 0. The van der Waals surface area contributed by atoms with Crippen LogP contribution >= 0.6 is 0 Å². The molecule has 0 amide bonds. The smallest absolute Gasteiger partial charge is 0.0705 e. The van der Waals surface area contributed by atoms with E-state index in [-0.39, 0.29) is 6.10 Å². The molecule has 1 aromatic carbocycles. The third-order valence-corrected chi connectivity index (χ3v) is 4.04. The van der Waals surface area contributed by atoms with E-state index in [1.807, 2.05) is 18.2 Å². The average molecular weight is 256 g/mol. The summed E-state index contributed by atoms with van der Waals surface area (Å²) < 4.78 is 0. The number of para-hydroxylation sites is 1. The van der Waals surface area contributed by atoms with Gasteiger partial charge in [0, 0.05) is 18.5 Å². The van der Waals surface area contributed by atoms with Crippen molar-refractivity contribution in [2.45, 2.75) is 26.0 Å². The molecular weight excluding hydrogens is 236 g/mol. The van der Waals surface area contributed by atoms with Crippen LogP contribution in [0.15, 0.2) is 36.4 Å². The van der Waals surface area contributed by atoms with E-state index in [1.165, 1.54) is 5.39 Å². The summed E-state index contributed by atoms with van der Waals surface area (Å²) in [6, 6.07) is 12.4. The fourth-order valence-electron chi connectivity index (χ4n) is 2.68. The molecule has 2 atom stereocenters. The van der Waals surface area contributed by atoms with Gasteiger partial charge in [-0.15, -0.1) is 0 Å². The van der Waals surface area contributed by atoms with E-state index in [1.54, 1.807) is 0 Å². The number of aliphatic hydroxyl groups is 1. The van der Waals surface area contributed by atoms with Gasteiger partial charge >= 0.3 is 0 Å². The van der Waals surface area contributed by atoms with Gasteiger partial charge < -0.3 is 5.11 Å². The quantitative estimate of drug-likeness (QED) is 0.896. The van der Waals surface area contributed by atoms with Crippen molar-refractivity contribution in [2.24, 2.45) is 5.92 Å². The summed E-state index contributed by atoms with van der Waals surface area (Å²) in [5, 5.41) is 11.1. The molecule has 2 heterocycles. The number of aromatic nitrogens is 1. The van der Waals surface area contributed by atoms with E-state index in [2.05, 4.69) is 30.0 Å². The van der Waals surface area contributed by atoms with Gasteiger partial charge in [-0.3, -0.25) is 9.88 Å². The van der Waals surface area contributed by atoms with Crippen LogP contribution in [0, 0.1) is 5.92 Å². The Hall–Kier alpha value is -1.45. The summed E-state index contributed by atoms with van der Waals surface area (Å²) in [5.74, 6) is 0.417. The van der Waals surface area contributed by atoms with E-state index >= 15 is 0 Å². The van der Waals surface area contributed by atoms with Gasteiger partial charge in [-0.2, -0.15) is 0 Å². The van der Waals surface area contributed by atoms with E-state index in [0.717, 1.165) is 37.3 Å². The minimum atomic E-state index is -0.200. The summed E-state index contributed by atoms with van der Waals surface area (Å²) in [6.45, 7) is 4.76. The molecule has 1 fully saturated rings. The van der Waals surface area contributed by atoms with Gasteiger partial charge in [0.05, 0.1) is 17.3 Å². The van der Waals surface area contributed by atoms with Gasteiger partial charge in [0.25, 0.3) is 0 Å². The van der Waals surface area contributed by atoms with Crippen molar-refractivity contribution in [1.82, 2.24) is 9.88 Å². The minimum Gasteiger partial charge on any atom is -0.392 e. The first-order valence-electron chi connectivity index (χ1n) is 6.97. The number of hydrogen-bond acceptors (Lipinski definition) is 3. The molecule has 1 aliphatic rings. The van der Waals surface area contributed by atoms with E-state index < -0.39 is 0 Å². The van der Waals surface area contributed by atoms with Gasteiger partial charge in [-0.05, 0) is 31.0 Å². The van der Waals surface area contributed by atoms with Gasteiger partial charge in [0.2, 0.25) is 0 Å². The SMILES string of the molecule is CC1CCN(Cc2ccc3ccccc3n2)CC1O. The molecule has 2 unspecified atom stereocenters. The Bertz CT molecular complexity index is 569. The summed E-state index contributed by atoms with van der Waals surface area (Å²) in [7, 11) is 0. The predicted octanol–water partition coefficient (Wildman–Crippen LogP) is 2.44. The Kier molecular flexibility index (Phi) is 3.49. The van der Waals surface area contributed by atoms with Crippen molar-refractivity contribution in [2.75, 3.05) is 13.1 Å². The molecule has 0 aliphatic carbocycles. The van der Waals surface area contributed by atoms with Crippen molar-refractivity contribution in [3.05, 3.63) is 42.1 Å². The highest BCUT2D eigenvalue weighted by atomic mass is 16.3. The Balaban J connectivity index is 1.74. The Labute approximate surface area is 113 Å². The molecular formula is C16H20N2O. The van der Waals surface area contributed by atoms with E-state index in [9.17, 15) is 5.11 Å². The maximum atomic E-state index is 9.94. The highest BCUT2D eigenvalue weighted by Crippen LogP contribution is 2.19. The zero-order valence-corrected chi connectivity index (χ0v) is 11.3. The molecule has 0 radical (unpaired) electrons. The van der Waals surface area contributed by atoms with Crippen LogP contribution in [0.5, 0.6) is 0 Å². The maximum absolute atomic E-state index is 9.94. The van der Waals surface area contributed by atoms with Crippen LogP contribution in [0.4, 0.5) is 0 Å². The molecule has 1 saturated heterocycles. The van der Waals surface area contributed by atoms with Gasteiger partial charge in [-0.25, -0.2) is 0 Å². The molecule has 3 nitrogen and oxygen atoms in total. The minimum absolute atomic E-state index is 0.200.